The van der Waals surface area contributed by atoms with E-state index in [0.717, 1.165) is 11.3 Å². The molecule has 1 heterocycles. The zero-order valence-electron chi connectivity index (χ0n) is 16.8. The zero-order chi connectivity index (χ0) is 21.2. The third-order valence-corrected chi connectivity index (χ3v) is 7.29. The van der Waals surface area contributed by atoms with Gasteiger partial charge < -0.3 is 9.64 Å². The normalized spacial score (nSPS) is 14.7. The third-order valence-electron chi connectivity index (χ3n) is 5.01. The van der Waals surface area contributed by atoms with Gasteiger partial charge in [-0.1, -0.05) is 31.5 Å². The molecular weight excluding hydrogens is 412 g/mol. The lowest BCUT2D eigenvalue weighted by Crippen LogP contribution is -2.39. The molecule has 2 aromatic carbocycles. The molecule has 0 bridgehead atoms. The summed E-state index contributed by atoms with van der Waals surface area (Å²) in [4.78, 5) is 14.8. The van der Waals surface area contributed by atoms with Crippen LogP contribution in [0.25, 0.3) is 0 Å². The minimum absolute atomic E-state index is 0.178. The van der Waals surface area contributed by atoms with Crippen molar-refractivity contribution in [2.45, 2.75) is 38.2 Å². The Labute approximate surface area is 177 Å². The van der Waals surface area contributed by atoms with E-state index in [0.29, 0.717) is 36.8 Å². The Morgan fingerprint density at radius 3 is 2.59 bits per heavy atom. The molecule has 2 aromatic rings. The standard InChI is InChI=1S/C21H25ClN2O4S/c1-4-23(5-2)29(26,27)19-9-10-20-16(13-19)11-12-24(20)21(25)15(3)28-18-8-6-7-17(22)14-18/h6-10,13-15H,4-5,11-12H2,1-3H3. The van der Waals surface area contributed by atoms with E-state index in [1.54, 1.807) is 54.3 Å². The van der Waals surface area contributed by atoms with E-state index in [1.165, 1.54) is 4.31 Å². The fourth-order valence-electron chi connectivity index (χ4n) is 3.49. The number of halogens is 1. The lowest BCUT2D eigenvalue weighted by Gasteiger charge is -2.23. The minimum atomic E-state index is -3.53. The van der Waals surface area contributed by atoms with Crippen LogP contribution in [0, 0.1) is 0 Å². The molecule has 156 valence electrons. The highest BCUT2D eigenvalue weighted by atomic mass is 35.5. The predicted octanol–water partition coefficient (Wildman–Crippen LogP) is 3.73. The van der Waals surface area contributed by atoms with Gasteiger partial charge in [0.05, 0.1) is 4.90 Å². The maximum atomic E-state index is 12.9. The lowest BCUT2D eigenvalue weighted by atomic mass is 10.2. The van der Waals surface area contributed by atoms with Crippen molar-refractivity contribution < 1.29 is 17.9 Å². The highest BCUT2D eigenvalue weighted by Gasteiger charge is 2.31. The molecule has 0 N–H and O–H groups in total. The summed E-state index contributed by atoms with van der Waals surface area (Å²) in [6, 6.07) is 11.9. The zero-order valence-corrected chi connectivity index (χ0v) is 18.3. The number of fused-ring (bicyclic) bond motifs is 1. The van der Waals surface area contributed by atoms with Crippen LogP contribution in [0.15, 0.2) is 47.4 Å². The van der Waals surface area contributed by atoms with E-state index >= 15 is 0 Å². The summed E-state index contributed by atoms with van der Waals surface area (Å²) in [5, 5.41) is 0.538. The summed E-state index contributed by atoms with van der Waals surface area (Å²) >= 11 is 5.97. The number of ether oxygens (including phenoxy) is 1. The van der Waals surface area contributed by atoms with E-state index in [2.05, 4.69) is 0 Å². The topological polar surface area (TPSA) is 66.9 Å². The fraction of sp³-hybridized carbons (Fsp3) is 0.381. The van der Waals surface area contributed by atoms with E-state index in [4.69, 9.17) is 16.3 Å². The average molecular weight is 437 g/mol. The van der Waals surface area contributed by atoms with Gasteiger partial charge in [0.1, 0.15) is 5.75 Å². The molecule has 1 aliphatic heterocycles. The van der Waals surface area contributed by atoms with Crippen LogP contribution in [-0.2, 0) is 21.2 Å². The Bertz CT molecular complexity index is 1010. The molecule has 0 aromatic heterocycles. The SMILES string of the molecule is CCN(CC)S(=O)(=O)c1ccc2c(c1)CCN2C(=O)C(C)Oc1cccc(Cl)c1. The van der Waals surface area contributed by atoms with Gasteiger partial charge >= 0.3 is 0 Å². The average Bonchev–Trinajstić information content (AvgIpc) is 3.11. The number of carbonyl (C=O) groups excluding carboxylic acids is 1. The molecule has 0 spiro atoms. The van der Waals surface area contributed by atoms with E-state index in [-0.39, 0.29) is 10.8 Å². The van der Waals surface area contributed by atoms with Crippen LogP contribution in [0.1, 0.15) is 26.3 Å². The number of rotatable bonds is 7. The molecule has 29 heavy (non-hydrogen) atoms. The van der Waals surface area contributed by atoms with Crippen LogP contribution in [0.4, 0.5) is 5.69 Å². The summed E-state index contributed by atoms with van der Waals surface area (Å²) < 4.78 is 32.7. The minimum Gasteiger partial charge on any atom is -0.481 e. The predicted molar refractivity (Wildman–Crippen MR) is 114 cm³/mol. The molecule has 1 atom stereocenters. The molecule has 1 unspecified atom stereocenters. The fourth-order valence-corrected chi connectivity index (χ4v) is 5.18. The number of sulfonamides is 1. The molecular formula is C21H25ClN2O4S. The second-order valence-electron chi connectivity index (χ2n) is 6.84. The number of carbonyl (C=O) groups is 1. The van der Waals surface area contributed by atoms with Crippen molar-refractivity contribution in [3.63, 3.8) is 0 Å². The molecule has 8 heteroatoms. The number of hydrogen-bond acceptors (Lipinski definition) is 4. The van der Waals surface area contributed by atoms with Crippen LogP contribution in [0.2, 0.25) is 5.02 Å². The first-order valence-corrected chi connectivity index (χ1v) is 11.5. The van der Waals surface area contributed by atoms with Gasteiger partial charge in [-0.25, -0.2) is 8.42 Å². The molecule has 0 radical (unpaired) electrons. The monoisotopic (exact) mass is 436 g/mol. The second-order valence-corrected chi connectivity index (χ2v) is 9.21. The first kappa shape index (κ1) is 21.6. The van der Waals surface area contributed by atoms with Crippen LogP contribution < -0.4 is 9.64 Å². The number of amides is 1. The lowest BCUT2D eigenvalue weighted by molar-refractivity contribution is -0.124. The van der Waals surface area contributed by atoms with E-state index < -0.39 is 16.1 Å². The molecule has 6 nitrogen and oxygen atoms in total. The third kappa shape index (κ3) is 4.42. The highest BCUT2D eigenvalue weighted by Crippen LogP contribution is 2.32. The van der Waals surface area contributed by atoms with E-state index in [1.807, 2.05) is 13.8 Å². The quantitative estimate of drug-likeness (QED) is 0.663. The summed E-state index contributed by atoms with van der Waals surface area (Å²) in [5.74, 6) is 0.349. The Morgan fingerprint density at radius 1 is 1.21 bits per heavy atom. The summed E-state index contributed by atoms with van der Waals surface area (Å²) in [6.45, 7) is 6.65. The van der Waals surface area contributed by atoms with Gasteiger partial charge in [0, 0.05) is 30.3 Å². The smallest absolute Gasteiger partial charge is 0.267 e. The Hall–Kier alpha value is -2.09. The van der Waals surface area contributed by atoms with Gasteiger partial charge in [0.2, 0.25) is 10.0 Å². The first-order chi connectivity index (χ1) is 13.8. The summed E-state index contributed by atoms with van der Waals surface area (Å²) in [7, 11) is -3.53. The van der Waals surface area contributed by atoms with Gasteiger partial charge in [-0.15, -0.1) is 0 Å². The van der Waals surface area contributed by atoms with Crippen molar-refractivity contribution in [1.29, 1.82) is 0 Å². The molecule has 1 aliphatic rings. The number of anilines is 1. The molecule has 0 saturated heterocycles. The van der Waals surface area contributed by atoms with Gasteiger partial charge in [0.25, 0.3) is 5.91 Å². The summed E-state index contributed by atoms with van der Waals surface area (Å²) in [5.41, 5.74) is 1.58. The molecule has 0 saturated carbocycles. The van der Waals surface area contributed by atoms with Gasteiger partial charge in [0.15, 0.2) is 6.10 Å². The number of hydrogen-bond donors (Lipinski definition) is 0. The van der Waals surface area contributed by atoms with Crippen molar-refractivity contribution in [3.05, 3.63) is 53.1 Å². The van der Waals surface area contributed by atoms with Crippen molar-refractivity contribution in [1.82, 2.24) is 4.31 Å². The Morgan fingerprint density at radius 2 is 1.93 bits per heavy atom. The van der Waals surface area contributed by atoms with E-state index in [9.17, 15) is 13.2 Å². The molecule has 0 fully saturated rings. The van der Waals surface area contributed by atoms with Crippen LogP contribution in [0.3, 0.4) is 0 Å². The maximum Gasteiger partial charge on any atom is 0.267 e. The van der Waals surface area contributed by atoms with Crippen LogP contribution in [0.5, 0.6) is 5.75 Å². The maximum absolute atomic E-state index is 12.9. The van der Waals surface area contributed by atoms with Crippen LogP contribution in [-0.4, -0.2) is 44.4 Å². The Kier molecular flexibility index (Phi) is 6.51. The Balaban J connectivity index is 1.79. The number of benzene rings is 2. The largest absolute Gasteiger partial charge is 0.481 e. The van der Waals surface area contributed by atoms with Crippen molar-refractivity contribution in [2.24, 2.45) is 0 Å². The van der Waals surface area contributed by atoms with Crippen molar-refractivity contribution in [2.75, 3.05) is 24.5 Å². The molecule has 0 aliphatic carbocycles. The van der Waals surface area contributed by atoms with Gasteiger partial charge in [-0.05, 0) is 55.3 Å². The van der Waals surface area contributed by atoms with Gasteiger partial charge in [-0.3, -0.25) is 4.79 Å². The van der Waals surface area contributed by atoms with Gasteiger partial charge in [-0.2, -0.15) is 4.31 Å². The summed E-state index contributed by atoms with van der Waals surface area (Å²) in [6.07, 6.45) is -0.0921. The number of nitrogens with zero attached hydrogens (tertiary/aromatic N) is 2. The van der Waals surface area contributed by atoms with Crippen molar-refractivity contribution in [3.8, 4) is 5.75 Å². The second kappa shape index (κ2) is 8.73. The van der Waals surface area contributed by atoms with Crippen molar-refractivity contribution >= 4 is 33.2 Å². The molecule has 3 rings (SSSR count). The molecule has 1 amide bonds. The highest BCUT2D eigenvalue weighted by molar-refractivity contribution is 7.89. The van der Waals surface area contributed by atoms with Crippen LogP contribution >= 0.6 is 11.6 Å². The first-order valence-electron chi connectivity index (χ1n) is 9.64.